The number of nitriles is 1. The molecule has 0 saturated heterocycles. The van der Waals surface area contributed by atoms with Crippen LogP contribution in [-0.4, -0.2) is 0 Å². The van der Waals surface area contributed by atoms with Crippen LogP contribution in [0.1, 0.15) is 5.56 Å². The third-order valence-electron chi connectivity index (χ3n) is 2.17. The van der Waals surface area contributed by atoms with Gasteiger partial charge in [-0.1, -0.05) is 35.0 Å². The molecule has 2 rings (SSSR count). The summed E-state index contributed by atoms with van der Waals surface area (Å²) in [7, 11) is 0. The van der Waals surface area contributed by atoms with E-state index in [-0.39, 0.29) is 5.82 Å². The summed E-state index contributed by atoms with van der Waals surface area (Å²) < 4.78 is 12.8. The summed E-state index contributed by atoms with van der Waals surface area (Å²) in [5.41, 5.74) is 0.371. The van der Waals surface area contributed by atoms with Gasteiger partial charge in [-0.15, -0.1) is 0 Å². The molecule has 90 valence electrons. The number of rotatable bonds is 2. The molecule has 0 unspecified atom stereocenters. The molecular weight excluding hydrogens is 292 g/mol. The average Bonchev–Trinajstić information content (AvgIpc) is 2.32. The highest BCUT2D eigenvalue weighted by molar-refractivity contribution is 7.99. The lowest BCUT2D eigenvalue weighted by Crippen LogP contribution is -1.84. The van der Waals surface area contributed by atoms with E-state index in [1.807, 2.05) is 6.07 Å². The normalized spacial score (nSPS) is 10.1. The zero-order chi connectivity index (χ0) is 13.1. The lowest BCUT2D eigenvalue weighted by Gasteiger charge is -2.06. The van der Waals surface area contributed by atoms with E-state index in [1.54, 1.807) is 18.2 Å². The summed E-state index contributed by atoms with van der Waals surface area (Å²) >= 11 is 13.2. The second-order valence-corrected chi connectivity index (χ2v) is 5.39. The monoisotopic (exact) mass is 297 g/mol. The number of halogens is 3. The van der Waals surface area contributed by atoms with Crippen LogP contribution < -0.4 is 0 Å². The Morgan fingerprint density at radius 3 is 2.39 bits per heavy atom. The van der Waals surface area contributed by atoms with Crippen LogP contribution in [-0.2, 0) is 0 Å². The lowest BCUT2D eigenvalue weighted by atomic mass is 10.2. The first kappa shape index (κ1) is 13.2. The predicted octanol–water partition coefficient (Wildman–Crippen LogP) is 5.16. The van der Waals surface area contributed by atoms with Crippen molar-refractivity contribution < 1.29 is 4.39 Å². The van der Waals surface area contributed by atoms with Gasteiger partial charge < -0.3 is 0 Å². The van der Waals surface area contributed by atoms with Crippen LogP contribution >= 0.6 is 35.0 Å². The fraction of sp³-hybridized carbons (Fsp3) is 0. The second kappa shape index (κ2) is 5.62. The molecule has 0 radical (unpaired) electrons. The molecular formula is C13H6Cl2FNS. The van der Waals surface area contributed by atoms with Gasteiger partial charge in [0, 0.05) is 14.8 Å². The number of nitrogens with zero attached hydrogens (tertiary/aromatic N) is 1. The topological polar surface area (TPSA) is 23.8 Å². The van der Waals surface area contributed by atoms with E-state index in [9.17, 15) is 4.39 Å². The molecule has 0 aliphatic heterocycles. The highest BCUT2D eigenvalue weighted by Crippen LogP contribution is 2.35. The van der Waals surface area contributed by atoms with Gasteiger partial charge in [-0.05, 0) is 36.4 Å². The first-order valence-electron chi connectivity index (χ1n) is 4.92. The SMILES string of the molecule is N#Cc1c(Cl)cc(Cl)cc1Sc1ccc(F)cc1. The van der Waals surface area contributed by atoms with Gasteiger partial charge in [0.1, 0.15) is 11.9 Å². The molecule has 1 nitrogen and oxygen atoms in total. The Morgan fingerprint density at radius 2 is 1.78 bits per heavy atom. The van der Waals surface area contributed by atoms with Crippen molar-refractivity contribution in [2.24, 2.45) is 0 Å². The molecule has 0 aromatic heterocycles. The minimum absolute atomic E-state index is 0.302. The molecule has 0 fully saturated rings. The fourth-order valence-corrected chi connectivity index (χ4v) is 2.99. The van der Waals surface area contributed by atoms with Crippen LogP contribution in [0.4, 0.5) is 4.39 Å². The first-order valence-corrected chi connectivity index (χ1v) is 6.50. The van der Waals surface area contributed by atoms with Crippen molar-refractivity contribution in [3.8, 4) is 6.07 Å². The molecule has 0 atom stereocenters. The molecule has 0 spiro atoms. The smallest absolute Gasteiger partial charge is 0.123 e. The molecule has 0 bridgehead atoms. The zero-order valence-corrected chi connectivity index (χ0v) is 11.3. The second-order valence-electron chi connectivity index (χ2n) is 3.43. The number of benzene rings is 2. The summed E-state index contributed by atoms with van der Waals surface area (Å²) in [6.45, 7) is 0. The van der Waals surface area contributed by atoms with Gasteiger partial charge in [0.15, 0.2) is 0 Å². The van der Waals surface area contributed by atoms with Gasteiger partial charge in [0.05, 0.1) is 10.6 Å². The van der Waals surface area contributed by atoms with Crippen LogP contribution in [0.15, 0.2) is 46.2 Å². The van der Waals surface area contributed by atoms with Crippen molar-refractivity contribution in [3.05, 3.63) is 57.8 Å². The standard InChI is InChI=1S/C13H6Cl2FNS/c14-8-5-12(15)11(7-17)13(6-8)18-10-3-1-9(16)2-4-10/h1-6H. The molecule has 0 aliphatic rings. The van der Waals surface area contributed by atoms with Gasteiger partial charge in [-0.25, -0.2) is 4.39 Å². The van der Waals surface area contributed by atoms with Crippen LogP contribution in [0.5, 0.6) is 0 Å². The molecule has 0 aliphatic carbocycles. The summed E-state index contributed by atoms with van der Waals surface area (Å²) in [5, 5.41) is 9.84. The Hall–Kier alpha value is -1.21. The predicted molar refractivity (Wildman–Crippen MR) is 71.7 cm³/mol. The van der Waals surface area contributed by atoms with Crippen LogP contribution in [0.25, 0.3) is 0 Å². The van der Waals surface area contributed by atoms with Gasteiger partial charge in [-0.3, -0.25) is 0 Å². The molecule has 0 heterocycles. The van der Waals surface area contributed by atoms with Crippen LogP contribution in [0.2, 0.25) is 10.0 Å². The lowest BCUT2D eigenvalue weighted by molar-refractivity contribution is 0.626. The maximum atomic E-state index is 12.8. The van der Waals surface area contributed by atoms with E-state index in [0.29, 0.717) is 20.5 Å². The van der Waals surface area contributed by atoms with Crippen molar-refractivity contribution in [2.45, 2.75) is 9.79 Å². The maximum absolute atomic E-state index is 12.8. The van der Waals surface area contributed by atoms with Crippen LogP contribution in [0, 0.1) is 17.1 Å². The van der Waals surface area contributed by atoms with Crippen molar-refractivity contribution in [2.75, 3.05) is 0 Å². The van der Waals surface area contributed by atoms with Gasteiger partial charge in [0.25, 0.3) is 0 Å². The molecule has 0 N–H and O–H groups in total. The van der Waals surface area contributed by atoms with Gasteiger partial charge >= 0.3 is 0 Å². The molecule has 2 aromatic rings. The minimum atomic E-state index is -0.302. The maximum Gasteiger partial charge on any atom is 0.123 e. The quantitative estimate of drug-likeness (QED) is 0.765. The van der Waals surface area contributed by atoms with Crippen molar-refractivity contribution >= 4 is 35.0 Å². The molecule has 0 saturated carbocycles. The third kappa shape index (κ3) is 2.97. The Labute approximate surface area is 118 Å². The molecule has 0 amide bonds. The highest BCUT2D eigenvalue weighted by atomic mass is 35.5. The summed E-state index contributed by atoms with van der Waals surface area (Å²) in [6.07, 6.45) is 0. The largest absolute Gasteiger partial charge is 0.207 e. The van der Waals surface area contributed by atoms with E-state index in [0.717, 1.165) is 4.90 Å². The highest BCUT2D eigenvalue weighted by Gasteiger charge is 2.10. The van der Waals surface area contributed by atoms with E-state index >= 15 is 0 Å². The van der Waals surface area contributed by atoms with Crippen LogP contribution in [0.3, 0.4) is 0 Å². The molecule has 18 heavy (non-hydrogen) atoms. The van der Waals surface area contributed by atoms with Gasteiger partial charge in [-0.2, -0.15) is 5.26 Å². The Bertz CT molecular complexity index is 620. The summed E-state index contributed by atoms with van der Waals surface area (Å²) in [5.74, 6) is -0.302. The van der Waals surface area contributed by atoms with Gasteiger partial charge in [0.2, 0.25) is 0 Å². The Kier molecular flexibility index (Phi) is 4.13. The van der Waals surface area contributed by atoms with Crippen molar-refractivity contribution in [1.29, 1.82) is 5.26 Å². The minimum Gasteiger partial charge on any atom is -0.207 e. The average molecular weight is 298 g/mol. The van der Waals surface area contributed by atoms with E-state index in [1.165, 1.54) is 30.0 Å². The van der Waals surface area contributed by atoms with E-state index in [2.05, 4.69) is 0 Å². The summed E-state index contributed by atoms with van der Waals surface area (Å²) in [4.78, 5) is 1.47. The number of hydrogen-bond donors (Lipinski definition) is 0. The van der Waals surface area contributed by atoms with Crippen molar-refractivity contribution in [3.63, 3.8) is 0 Å². The Morgan fingerprint density at radius 1 is 1.11 bits per heavy atom. The first-order chi connectivity index (χ1) is 8.60. The summed E-state index contributed by atoms with van der Waals surface area (Å²) in [6, 6.07) is 11.2. The third-order valence-corrected chi connectivity index (χ3v) is 3.74. The number of hydrogen-bond acceptors (Lipinski definition) is 2. The van der Waals surface area contributed by atoms with E-state index in [4.69, 9.17) is 28.5 Å². The molecule has 5 heteroatoms. The fourth-order valence-electron chi connectivity index (χ4n) is 1.37. The molecule has 2 aromatic carbocycles. The van der Waals surface area contributed by atoms with E-state index < -0.39 is 0 Å². The Balaban J connectivity index is 2.40. The zero-order valence-electron chi connectivity index (χ0n) is 8.95. The van der Waals surface area contributed by atoms with Crippen molar-refractivity contribution in [1.82, 2.24) is 0 Å².